The van der Waals surface area contributed by atoms with Gasteiger partial charge in [0.25, 0.3) is 0 Å². The van der Waals surface area contributed by atoms with Crippen LogP contribution in [0.5, 0.6) is 0 Å². The van der Waals surface area contributed by atoms with Crippen molar-refractivity contribution in [3.8, 4) is 12.3 Å². The summed E-state index contributed by atoms with van der Waals surface area (Å²) < 4.78 is 5.14. The molecule has 3 nitrogen and oxygen atoms in total. The van der Waals surface area contributed by atoms with E-state index < -0.39 is 0 Å². The van der Waals surface area contributed by atoms with Crippen molar-refractivity contribution >= 4 is 0 Å². The summed E-state index contributed by atoms with van der Waals surface area (Å²) in [5.41, 5.74) is 0. The molecule has 0 atom stereocenters. The van der Waals surface area contributed by atoms with E-state index in [1.54, 1.807) is 0 Å². The highest BCUT2D eigenvalue weighted by molar-refractivity contribution is 4.91. The van der Waals surface area contributed by atoms with Crippen molar-refractivity contribution in [1.29, 1.82) is 0 Å². The highest BCUT2D eigenvalue weighted by Gasteiger charge is 2.24. The maximum Gasteiger partial charge on any atom is 0.0643 e. The Hall–Kier alpha value is -0.560. The first-order valence-electron chi connectivity index (χ1n) is 5.38. The molecule has 0 aromatic rings. The normalized spacial score (nSPS) is 25.6. The lowest BCUT2D eigenvalue weighted by atomic mass is 10.0. The van der Waals surface area contributed by atoms with Gasteiger partial charge in [0.05, 0.1) is 25.8 Å². The minimum absolute atomic E-state index is 0.610. The van der Waals surface area contributed by atoms with Crippen molar-refractivity contribution in [3.05, 3.63) is 0 Å². The van der Waals surface area contributed by atoms with Crippen LogP contribution < -0.4 is 5.32 Å². The number of nitrogens with zero attached hydrogens (tertiary/aromatic N) is 1. The number of hydrogen-bond donors (Lipinski definition) is 1. The largest absolute Gasteiger partial charge is 0.378 e. The SMILES string of the molecule is C#CCN1CCC(NC2COC2)CC1. The minimum Gasteiger partial charge on any atom is -0.378 e. The van der Waals surface area contributed by atoms with Crippen LogP contribution in [0, 0.1) is 12.3 Å². The molecule has 1 N–H and O–H groups in total. The summed E-state index contributed by atoms with van der Waals surface area (Å²) in [6.07, 6.45) is 7.72. The molecule has 0 saturated carbocycles. The minimum atomic E-state index is 0.610. The first kappa shape index (κ1) is 9.97. The molecule has 0 aromatic heterocycles. The molecule has 78 valence electrons. The molecule has 14 heavy (non-hydrogen) atoms. The van der Waals surface area contributed by atoms with Gasteiger partial charge < -0.3 is 10.1 Å². The Bertz CT molecular complexity index is 212. The lowest BCUT2D eigenvalue weighted by Gasteiger charge is -2.36. The zero-order valence-corrected chi connectivity index (χ0v) is 8.54. The van der Waals surface area contributed by atoms with Gasteiger partial charge in [0.2, 0.25) is 0 Å². The predicted molar refractivity (Wildman–Crippen MR) is 56.0 cm³/mol. The van der Waals surface area contributed by atoms with Crippen molar-refractivity contribution in [1.82, 2.24) is 10.2 Å². The highest BCUT2D eigenvalue weighted by atomic mass is 16.5. The van der Waals surface area contributed by atoms with E-state index in [0.717, 1.165) is 32.8 Å². The average molecular weight is 194 g/mol. The molecule has 2 aliphatic rings. The van der Waals surface area contributed by atoms with Gasteiger partial charge in [0.15, 0.2) is 0 Å². The smallest absolute Gasteiger partial charge is 0.0643 e. The van der Waals surface area contributed by atoms with E-state index in [1.165, 1.54) is 12.8 Å². The molecule has 0 radical (unpaired) electrons. The monoisotopic (exact) mass is 194 g/mol. The zero-order valence-electron chi connectivity index (χ0n) is 8.54. The predicted octanol–water partition coefficient (Wildman–Crippen LogP) is 0.0724. The van der Waals surface area contributed by atoms with Gasteiger partial charge in [-0.2, -0.15) is 0 Å². The topological polar surface area (TPSA) is 24.5 Å². The Kier molecular flexibility index (Phi) is 3.41. The van der Waals surface area contributed by atoms with E-state index in [9.17, 15) is 0 Å². The number of rotatable bonds is 3. The van der Waals surface area contributed by atoms with Gasteiger partial charge in [0.1, 0.15) is 0 Å². The maximum atomic E-state index is 5.28. The Morgan fingerprint density at radius 1 is 1.29 bits per heavy atom. The number of nitrogens with one attached hydrogen (secondary N) is 1. The van der Waals surface area contributed by atoms with Crippen molar-refractivity contribution in [2.24, 2.45) is 0 Å². The van der Waals surface area contributed by atoms with Gasteiger partial charge in [-0.1, -0.05) is 5.92 Å². The molecule has 0 bridgehead atoms. The average Bonchev–Trinajstić information content (AvgIpc) is 2.14. The Morgan fingerprint density at radius 2 is 2.00 bits per heavy atom. The molecule has 0 unspecified atom stereocenters. The molecule has 3 heteroatoms. The van der Waals surface area contributed by atoms with Gasteiger partial charge >= 0.3 is 0 Å². The Morgan fingerprint density at radius 3 is 2.50 bits per heavy atom. The number of ether oxygens (including phenoxy) is 1. The van der Waals surface area contributed by atoms with Crippen LogP contribution in [0.25, 0.3) is 0 Å². The van der Waals surface area contributed by atoms with E-state index in [4.69, 9.17) is 11.2 Å². The van der Waals surface area contributed by atoms with Crippen molar-refractivity contribution < 1.29 is 4.74 Å². The summed E-state index contributed by atoms with van der Waals surface area (Å²) in [6.45, 7) is 4.86. The summed E-state index contributed by atoms with van der Waals surface area (Å²) >= 11 is 0. The lowest BCUT2D eigenvalue weighted by Crippen LogP contribution is -2.53. The third-order valence-corrected chi connectivity index (χ3v) is 3.01. The first-order valence-corrected chi connectivity index (χ1v) is 5.38. The van der Waals surface area contributed by atoms with Crippen LogP contribution in [-0.2, 0) is 4.74 Å². The molecule has 2 fully saturated rings. The van der Waals surface area contributed by atoms with E-state index >= 15 is 0 Å². The van der Waals surface area contributed by atoms with Crippen LogP contribution in [0.4, 0.5) is 0 Å². The van der Waals surface area contributed by atoms with Crippen LogP contribution in [0.1, 0.15) is 12.8 Å². The van der Waals surface area contributed by atoms with Crippen LogP contribution in [-0.4, -0.2) is 49.8 Å². The molecular formula is C11H18N2O. The number of hydrogen-bond acceptors (Lipinski definition) is 3. The standard InChI is InChI=1S/C11H18N2O/c1-2-5-13-6-3-10(4-7-13)12-11-8-14-9-11/h1,10-12H,3-9H2. The maximum absolute atomic E-state index is 5.28. The van der Waals surface area contributed by atoms with Crippen molar-refractivity contribution in [2.45, 2.75) is 24.9 Å². The van der Waals surface area contributed by atoms with E-state index in [0.29, 0.717) is 12.1 Å². The van der Waals surface area contributed by atoms with Gasteiger partial charge in [-0.05, 0) is 12.8 Å². The van der Waals surface area contributed by atoms with Gasteiger partial charge in [-0.3, -0.25) is 4.90 Å². The fourth-order valence-corrected chi connectivity index (χ4v) is 2.05. The highest BCUT2D eigenvalue weighted by Crippen LogP contribution is 2.12. The molecule has 2 rings (SSSR count). The molecule has 2 heterocycles. The molecule has 2 saturated heterocycles. The summed E-state index contributed by atoms with van der Waals surface area (Å²) in [5.74, 6) is 2.70. The zero-order chi connectivity index (χ0) is 9.80. The number of terminal acetylenes is 1. The second-order valence-electron chi connectivity index (χ2n) is 4.16. The molecule has 0 spiro atoms. The van der Waals surface area contributed by atoms with Crippen molar-refractivity contribution in [2.75, 3.05) is 32.8 Å². The quantitative estimate of drug-likeness (QED) is 0.644. The summed E-state index contributed by atoms with van der Waals surface area (Å²) in [7, 11) is 0. The van der Waals surface area contributed by atoms with E-state index in [-0.39, 0.29) is 0 Å². The van der Waals surface area contributed by atoms with Crippen LogP contribution in [0.15, 0.2) is 0 Å². The molecule has 0 amide bonds. The van der Waals surface area contributed by atoms with Gasteiger partial charge in [0, 0.05) is 19.1 Å². The Labute approximate surface area is 85.8 Å². The van der Waals surface area contributed by atoms with Gasteiger partial charge in [-0.25, -0.2) is 0 Å². The summed E-state index contributed by atoms with van der Waals surface area (Å²) in [6, 6.07) is 1.29. The summed E-state index contributed by atoms with van der Waals surface area (Å²) in [4.78, 5) is 2.34. The van der Waals surface area contributed by atoms with E-state index in [1.807, 2.05) is 0 Å². The lowest BCUT2D eigenvalue weighted by molar-refractivity contribution is -0.0133. The van der Waals surface area contributed by atoms with Crippen LogP contribution in [0.2, 0.25) is 0 Å². The number of likely N-dealkylation sites (tertiary alicyclic amines) is 1. The molecule has 0 aromatic carbocycles. The molecule has 0 aliphatic carbocycles. The first-order chi connectivity index (χ1) is 6.88. The fraction of sp³-hybridized carbons (Fsp3) is 0.818. The van der Waals surface area contributed by atoms with E-state index in [2.05, 4.69) is 16.1 Å². The second kappa shape index (κ2) is 4.79. The third kappa shape index (κ3) is 2.48. The fourth-order valence-electron chi connectivity index (χ4n) is 2.05. The van der Waals surface area contributed by atoms with Crippen LogP contribution in [0.3, 0.4) is 0 Å². The number of piperidine rings is 1. The molecular weight excluding hydrogens is 176 g/mol. The van der Waals surface area contributed by atoms with Crippen LogP contribution >= 0.6 is 0 Å². The Balaban J connectivity index is 1.65. The van der Waals surface area contributed by atoms with Crippen molar-refractivity contribution in [3.63, 3.8) is 0 Å². The second-order valence-corrected chi connectivity index (χ2v) is 4.16. The third-order valence-electron chi connectivity index (χ3n) is 3.01. The molecule has 2 aliphatic heterocycles. The van der Waals surface area contributed by atoms with Gasteiger partial charge in [-0.15, -0.1) is 6.42 Å². The summed E-state index contributed by atoms with van der Waals surface area (Å²) in [5, 5.41) is 3.61.